The number of carbonyl (C=O) groups excluding carboxylic acids is 3. The van der Waals surface area contributed by atoms with E-state index in [0.29, 0.717) is 0 Å². The second-order valence-electron chi connectivity index (χ2n) is 5.95. The molecule has 0 saturated heterocycles. The van der Waals surface area contributed by atoms with Crippen LogP contribution in [0.2, 0.25) is 0 Å². The van der Waals surface area contributed by atoms with Crippen LogP contribution in [0.1, 0.15) is 21.5 Å². The molecule has 0 spiro atoms. The SMILES string of the molecule is COC(=O)[C@@H](Cc1ccccc1)NC(=O)COC(=O)c1ccccc1C(F)(F)F. The predicted molar refractivity (Wildman–Crippen MR) is 95.8 cm³/mol. The van der Waals surface area contributed by atoms with Crippen LogP contribution in [0.25, 0.3) is 0 Å². The number of nitrogens with one attached hydrogen (secondary N) is 1. The fourth-order valence-electron chi connectivity index (χ4n) is 2.54. The van der Waals surface area contributed by atoms with Crippen molar-refractivity contribution in [3.05, 3.63) is 71.3 Å². The van der Waals surface area contributed by atoms with Crippen LogP contribution in [-0.2, 0) is 31.7 Å². The summed E-state index contributed by atoms with van der Waals surface area (Å²) in [5.74, 6) is -2.86. The van der Waals surface area contributed by atoms with E-state index in [1.807, 2.05) is 0 Å². The summed E-state index contributed by atoms with van der Waals surface area (Å²) in [4.78, 5) is 35.9. The quantitative estimate of drug-likeness (QED) is 0.712. The molecule has 29 heavy (non-hydrogen) atoms. The maximum Gasteiger partial charge on any atom is 0.417 e. The van der Waals surface area contributed by atoms with E-state index >= 15 is 0 Å². The lowest BCUT2D eigenvalue weighted by Crippen LogP contribution is -2.44. The van der Waals surface area contributed by atoms with Crippen LogP contribution in [-0.4, -0.2) is 37.6 Å². The molecule has 0 radical (unpaired) electrons. The number of amides is 1. The maximum absolute atomic E-state index is 13.0. The molecular weight excluding hydrogens is 391 g/mol. The van der Waals surface area contributed by atoms with Gasteiger partial charge in [-0.05, 0) is 17.7 Å². The summed E-state index contributed by atoms with van der Waals surface area (Å²) in [6, 6.07) is 11.8. The first-order valence-corrected chi connectivity index (χ1v) is 8.47. The van der Waals surface area contributed by atoms with Gasteiger partial charge < -0.3 is 14.8 Å². The molecule has 0 aliphatic carbocycles. The predicted octanol–water partition coefficient (Wildman–Crippen LogP) is 2.76. The van der Waals surface area contributed by atoms with Gasteiger partial charge in [0.1, 0.15) is 6.04 Å². The van der Waals surface area contributed by atoms with E-state index < -0.39 is 47.8 Å². The molecule has 0 saturated carbocycles. The van der Waals surface area contributed by atoms with Gasteiger partial charge in [0.2, 0.25) is 0 Å². The monoisotopic (exact) mass is 409 g/mol. The largest absolute Gasteiger partial charge is 0.467 e. The highest BCUT2D eigenvalue weighted by atomic mass is 19.4. The molecule has 6 nitrogen and oxygen atoms in total. The van der Waals surface area contributed by atoms with Crippen LogP contribution in [0.5, 0.6) is 0 Å². The van der Waals surface area contributed by atoms with Gasteiger partial charge in [0.25, 0.3) is 5.91 Å². The van der Waals surface area contributed by atoms with Crippen molar-refractivity contribution in [2.75, 3.05) is 13.7 Å². The minimum Gasteiger partial charge on any atom is -0.467 e. The van der Waals surface area contributed by atoms with E-state index in [0.717, 1.165) is 30.9 Å². The Kier molecular flexibility index (Phi) is 7.35. The van der Waals surface area contributed by atoms with Crippen molar-refractivity contribution in [1.82, 2.24) is 5.32 Å². The van der Waals surface area contributed by atoms with Crippen molar-refractivity contribution in [1.29, 1.82) is 0 Å². The van der Waals surface area contributed by atoms with Gasteiger partial charge in [0.15, 0.2) is 6.61 Å². The van der Waals surface area contributed by atoms with Crippen LogP contribution in [0, 0.1) is 0 Å². The summed E-state index contributed by atoms with van der Waals surface area (Å²) in [6.07, 6.45) is -4.62. The van der Waals surface area contributed by atoms with Crippen LogP contribution < -0.4 is 5.32 Å². The van der Waals surface area contributed by atoms with E-state index in [-0.39, 0.29) is 6.42 Å². The van der Waals surface area contributed by atoms with Gasteiger partial charge in [0, 0.05) is 6.42 Å². The van der Waals surface area contributed by atoms with Crippen molar-refractivity contribution in [2.24, 2.45) is 0 Å². The number of carbonyl (C=O) groups is 3. The Bertz CT molecular complexity index is 868. The van der Waals surface area contributed by atoms with Gasteiger partial charge in [-0.1, -0.05) is 42.5 Å². The van der Waals surface area contributed by atoms with Gasteiger partial charge in [-0.3, -0.25) is 4.79 Å². The number of methoxy groups -OCH3 is 1. The molecule has 1 N–H and O–H groups in total. The van der Waals surface area contributed by atoms with Gasteiger partial charge >= 0.3 is 18.1 Å². The third-order valence-electron chi connectivity index (χ3n) is 3.89. The van der Waals surface area contributed by atoms with Crippen LogP contribution in [0.4, 0.5) is 13.2 Å². The highest BCUT2D eigenvalue weighted by Crippen LogP contribution is 2.32. The fourth-order valence-corrected chi connectivity index (χ4v) is 2.54. The molecule has 0 bridgehead atoms. The Hall–Kier alpha value is -3.36. The molecule has 9 heteroatoms. The first-order chi connectivity index (χ1) is 13.7. The number of alkyl halides is 3. The lowest BCUT2D eigenvalue weighted by Gasteiger charge is -2.17. The van der Waals surface area contributed by atoms with E-state index in [1.54, 1.807) is 30.3 Å². The van der Waals surface area contributed by atoms with Gasteiger partial charge in [-0.25, -0.2) is 9.59 Å². The van der Waals surface area contributed by atoms with Crippen molar-refractivity contribution in [2.45, 2.75) is 18.6 Å². The fraction of sp³-hybridized carbons (Fsp3) is 0.250. The van der Waals surface area contributed by atoms with E-state index in [1.165, 1.54) is 6.07 Å². The molecule has 154 valence electrons. The molecule has 1 atom stereocenters. The lowest BCUT2D eigenvalue weighted by molar-refractivity contribution is -0.145. The molecule has 0 heterocycles. The third-order valence-corrected chi connectivity index (χ3v) is 3.89. The molecule has 0 aromatic heterocycles. The molecule has 2 aromatic carbocycles. The van der Waals surface area contributed by atoms with E-state index in [2.05, 4.69) is 14.8 Å². The Morgan fingerprint density at radius 2 is 1.62 bits per heavy atom. The maximum atomic E-state index is 13.0. The van der Waals surface area contributed by atoms with Crippen molar-refractivity contribution < 1.29 is 37.0 Å². The molecule has 1 amide bonds. The van der Waals surface area contributed by atoms with E-state index in [4.69, 9.17) is 0 Å². The summed E-state index contributed by atoms with van der Waals surface area (Å²) in [6.45, 7) is -0.854. The molecule has 0 aliphatic rings. The van der Waals surface area contributed by atoms with Gasteiger partial charge in [-0.2, -0.15) is 13.2 Å². The number of hydrogen-bond acceptors (Lipinski definition) is 5. The molecule has 0 aliphatic heterocycles. The average molecular weight is 409 g/mol. The Balaban J connectivity index is 2.00. The van der Waals surface area contributed by atoms with Crippen LogP contribution in [0.3, 0.4) is 0 Å². The molecule has 0 fully saturated rings. The number of hydrogen-bond donors (Lipinski definition) is 1. The summed E-state index contributed by atoms with van der Waals surface area (Å²) >= 11 is 0. The summed E-state index contributed by atoms with van der Waals surface area (Å²) in [7, 11) is 1.15. The average Bonchev–Trinajstić information content (AvgIpc) is 2.71. The highest BCUT2D eigenvalue weighted by molar-refractivity contribution is 5.93. The molecular formula is C20H18F3NO5. The second-order valence-corrected chi connectivity index (χ2v) is 5.95. The minimum absolute atomic E-state index is 0.129. The first-order valence-electron chi connectivity index (χ1n) is 8.47. The number of halogens is 3. The molecule has 0 unspecified atom stereocenters. The minimum atomic E-state index is -4.75. The third kappa shape index (κ3) is 6.34. The number of rotatable bonds is 7. The lowest BCUT2D eigenvalue weighted by atomic mass is 10.1. The Morgan fingerprint density at radius 3 is 2.24 bits per heavy atom. The van der Waals surface area contributed by atoms with Crippen molar-refractivity contribution in [3.8, 4) is 0 Å². The first kappa shape index (κ1) is 21.9. The topological polar surface area (TPSA) is 81.7 Å². The summed E-state index contributed by atoms with van der Waals surface area (Å²) in [5, 5.41) is 2.35. The zero-order valence-electron chi connectivity index (χ0n) is 15.4. The molecule has 2 rings (SSSR count). The van der Waals surface area contributed by atoms with E-state index in [9.17, 15) is 27.6 Å². The smallest absolute Gasteiger partial charge is 0.417 e. The highest BCUT2D eigenvalue weighted by Gasteiger charge is 2.35. The van der Waals surface area contributed by atoms with Gasteiger partial charge in [-0.15, -0.1) is 0 Å². The van der Waals surface area contributed by atoms with Crippen LogP contribution >= 0.6 is 0 Å². The summed E-state index contributed by atoms with van der Waals surface area (Å²) < 4.78 is 48.3. The normalized spacial score (nSPS) is 12.0. The number of ether oxygens (including phenoxy) is 2. The molecule has 2 aromatic rings. The van der Waals surface area contributed by atoms with Crippen molar-refractivity contribution >= 4 is 17.8 Å². The zero-order chi connectivity index (χ0) is 21.4. The van der Waals surface area contributed by atoms with Crippen LogP contribution in [0.15, 0.2) is 54.6 Å². The second kappa shape index (κ2) is 9.72. The Morgan fingerprint density at radius 1 is 1.00 bits per heavy atom. The van der Waals surface area contributed by atoms with Gasteiger partial charge in [0.05, 0.1) is 18.2 Å². The summed E-state index contributed by atoms with van der Waals surface area (Å²) in [5.41, 5.74) is -1.12. The zero-order valence-corrected chi connectivity index (χ0v) is 15.4. The standard InChI is InChI=1S/C20H18F3NO5/c1-28-19(27)16(11-13-7-3-2-4-8-13)24-17(25)12-29-18(26)14-9-5-6-10-15(14)20(21,22)23/h2-10,16H,11-12H2,1H3,(H,24,25)/t16-/m1/s1. The number of esters is 2. The number of benzene rings is 2. The Labute approximate surface area is 164 Å². The van der Waals surface area contributed by atoms with Crippen molar-refractivity contribution in [3.63, 3.8) is 0 Å².